The van der Waals surface area contributed by atoms with E-state index in [-0.39, 0.29) is 13.4 Å². The molecule has 13 rings (SSSR count). The minimum Gasteiger partial charge on any atom is -0.312 e. The summed E-state index contributed by atoms with van der Waals surface area (Å²) in [6.07, 6.45) is 0. The maximum absolute atomic E-state index is 2.66. The van der Waals surface area contributed by atoms with Crippen LogP contribution in [0.3, 0.4) is 0 Å². The highest BCUT2D eigenvalue weighted by molar-refractivity contribution is 7.05. The van der Waals surface area contributed by atoms with Gasteiger partial charge in [0, 0.05) is 51.2 Å². The first-order valence-corrected chi connectivity index (χ1v) is 23.1. The molecular weight excluding hydrogens is 784 g/mol. The fraction of sp³-hybridized carbons (Fsp3) is 0.100. The zero-order valence-electron chi connectivity index (χ0n) is 37.7. The molecule has 0 atom stereocenters. The Morgan fingerprint density at radius 1 is 0.262 bits per heavy atom. The first kappa shape index (κ1) is 38.0. The number of rotatable bonds is 4. The van der Waals surface area contributed by atoms with E-state index >= 15 is 0 Å². The molecule has 4 heterocycles. The quantitative estimate of drug-likeness (QED) is 0.164. The van der Waals surface area contributed by atoms with Crippen LogP contribution >= 0.6 is 0 Å². The average molecular weight is 832 g/mol. The Balaban J connectivity index is 1.19. The van der Waals surface area contributed by atoms with E-state index in [1.165, 1.54) is 128 Å². The maximum atomic E-state index is 2.66. The van der Waals surface area contributed by atoms with Gasteiger partial charge in [0.2, 0.25) is 0 Å². The van der Waals surface area contributed by atoms with E-state index < -0.39 is 0 Å². The highest BCUT2D eigenvalue weighted by atomic mass is 15.2. The maximum Gasteiger partial charge on any atom is 0.252 e. The van der Waals surface area contributed by atoms with Crippen LogP contribution in [0, 0.1) is 41.5 Å². The molecule has 308 valence electrons. The molecule has 0 aromatic heterocycles. The van der Waals surface area contributed by atoms with Crippen LogP contribution in [-0.4, -0.2) is 13.4 Å². The van der Waals surface area contributed by atoms with E-state index in [0.29, 0.717) is 0 Å². The lowest BCUT2D eigenvalue weighted by Crippen LogP contribution is -2.68. The van der Waals surface area contributed by atoms with Crippen LogP contribution in [0.4, 0.5) is 51.2 Å². The standard InChI is InChI=1S/C60H47B2N3/c1-36-7-17-42(18-8-36)44-21-29-54-50(33-44)61-48-31-40(5)15-27-52(48)63(46-23-11-38(3)12-24-46)56-35-57-59-60(58(56)61)65(54)55-30-22-45(43-19-9-37(2)10-20-43)34-51(55)62(59)49-32-41(6)16-28-53(49)64(57)47-25-13-39(4)14-26-47/h7-35H,1-6H3. The molecule has 0 spiro atoms. The molecule has 65 heavy (non-hydrogen) atoms. The van der Waals surface area contributed by atoms with Gasteiger partial charge in [0.15, 0.2) is 0 Å². The van der Waals surface area contributed by atoms with Gasteiger partial charge in [-0.05, 0) is 151 Å². The zero-order chi connectivity index (χ0) is 43.8. The normalized spacial score (nSPS) is 13.5. The van der Waals surface area contributed by atoms with Crippen LogP contribution in [0.2, 0.25) is 0 Å². The Bertz CT molecular complexity index is 3220. The minimum atomic E-state index is -0.000639. The lowest BCUT2D eigenvalue weighted by atomic mass is 9.28. The summed E-state index contributed by atoms with van der Waals surface area (Å²) >= 11 is 0. The lowest BCUT2D eigenvalue weighted by molar-refractivity contribution is 1.22. The van der Waals surface area contributed by atoms with Crippen molar-refractivity contribution in [1.82, 2.24) is 0 Å². The number of benzene rings is 9. The molecule has 0 unspecified atom stereocenters. The second kappa shape index (κ2) is 14.0. The van der Waals surface area contributed by atoms with E-state index in [1.807, 2.05) is 0 Å². The van der Waals surface area contributed by atoms with Gasteiger partial charge in [0.1, 0.15) is 0 Å². The van der Waals surface area contributed by atoms with Crippen molar-refractivity contribution in [2.45, 2.75) is 41.5 Å². The summed E-state index contributed by atoms with van der Waals surface area (Å²) in [7, 11) is 0. The molecule has 4 aliphatic rings. The molecule has 9 aromatic rings. The van der Waals surface area contributed by atoms with Gasteiger partial charge in [-0.25, -0.2) is 0 Å². The van der Waals surface area contributed by atoms with Crippen molar-refractivity contribution >= 4 is 97.4 Å². The summed E-state index contributed by atoms with van der Waals surface area (Å²) in [5.41, 5.74) is 31.7. The first-order valence-electron chi connectivity index (χ1n) is 23.1. The Morgan fingerprint density at radius 3 is 0.969 bits per heavy atom. The van der Waals surface area contributed by atoms with Crippen LogP contribution in [0.5, 0.6) is 0 Å². The van der Waals surface area contributed by atoms with E-state index in [9.17, 15) is 0 Å². The van der Waals surface area contributed by atoms with Crippen LogP contribution in [0.1, 0.15) is 33.4 Å². The molecule has 0 N–H and O–H groups in total. The van der Waals surface area contributed by atoms with E-state index in [2.05, 4.69) is 232 Å². The van der Waals surface area contributed by atoms with Gasteiger partial charge in [-0.2, -0.15) is 0 Å². The Morgan fingerprint density at radius 2 is 0.569 bits per heavy atom. The molecule has 0 amide bonds. The monoisotopic (exact) mass is 831 g/mol. The van der Waals surface area contributed by atoms with Crippen molar-refractivity contribution in [3.8, 4) is 22.3 Å². The van der Waals surface area contributed by atoms with Crippen LogP contribution < -0.4 is 47.5 Å². The molecule has 0 fully saturated rings. The summed E-state index contributed by atoms with van der Waals surface area (Å²) in [6, 6.07) is 67.7. The lowest BCUT2D eigenvalue weighted by Gasteiger charge is -2.51. The Labute approximate surface area is 383 Å². The largest absolute Gasteiger partial charge is 0.312 e. The molecule has 0 bridgehead atoms. The summed E-state index contributed by atoms with van der Waals surface area (Å²) < 4.78 is 0. The van der Waals surface area contributed by atoms with Crippen molar-refractivity contribution in [3.05, 3.63) is 209 Å². The highest BCUT2D eigenvalue weighted by Gasteiger charge is 2.51. The number of nitrogens with zero attached hydrogens (tertiary/aromatic N) is 3. The molecule has 0 saturated heterocycles. The summed E-state index contributed by atoms with van der Waals surface area (Å²) in [5, 5.41) is 0. The smallest absolute Gasteiger partial charge is 0.252 e. The summed E-state index contributed by atoms with van der Waals surface area (Å²) in [4.78, 5) is 7.79. The van der Waals surface area contributed by atoms with E-state index in [1.54, 1.807) is 0 Å². The number of hydrogen-bond donors (Lipinski definition) is 0. The summed E-state index contributed by atoms with van der Waals surface area (Å²) in [6.45, 7) is 13.2. The topological polar surface area (TPSA) is 9.72 Å². The Hall–Kier alpha value is -7.49. The minimum absolute atomic E-state index is 0.000639. The molecule has 0 radical (unpaired) electrons. The molecule has 9 aromatic carbocycles. The van der Waals surface area contributed by atoms with Crippen LogP contribution in [0.15, 0.2) is 176 Å². The third-order valence-electron chi connectivity index (χ3n) is 14.6. The van der Waals surface area contributed by atoms with Gasteiger partial charge in [-0.15, -0.1) is 0 Å². The summed E-state index contributed by atoms with van der Waals surface area (Å²) in [5.74, 6) is 0. The second-order valence-corrected chi connectivity index (χ2v) is 19.0. The van der Waals surface area contributed by atoms with Gasteiger partial charge < -0.3 is 14.7 Å². The first-order chi connectivity index (χ1) is 31.7. The number of hydrogen-bond acceptors (Lipinski definition) is 3. The molecule has 3 nitrogen and oxygen atoms in total. The Kier molecular flexibility index (Phi) is 8.19. The van der Waals surface area contributed by atoms with Crippen molar-refractivity contribution in [1.29, 1.82) is 0 Å². The third kappa shape index (κ3) is 5.64. The molecule has 4 aliphatic heterocycles. The average Bonchev–Trinajstić information content (AvgIpc) is 3.32. The fourth-order valence-electron chi connectivity index (χ4n) is 11.4. The number of aryl methyl sites for hydroxylation is 6. The highest BCUT2D eigenvalue weighted by Crippen LogP contribution is 2.50. The molecule has 0 aliphatic carbocycles. The number of fused-ring (bicyclic) bond motifs is 10. The zero-order valence-corrected chi connectivity index (χ0v) is 37.7. The molecule has 5 heteroatoms. The van der Waals surface area contributed by atoms with E-state index in [4.69, 9.17) is 0 Å². The van der Waals surface area contributed by atoms with Crippen molar-refractivity contribution in [2.24, 2.45) is 0 Å². The predicted octanol–water partition coefficient (Wildman–Crippen LogP) is 11.6. The SMILES string of the molecule is Cc1ccc(-c2ccc3c(c2)B2c4cc(C)ccc4N(c4ccc(C)cc4)c4cc5c6c(c42)N3c2ccc(-c3ccc(C)cc3)cc2B6c2cc(C)ccc2N5c2ccc(C)cc2)cc1. The van der Waals surface area contributed by atoms with Gasteiger partial charge in [0.25, 0.3) is 13.4 Å². The fourth-order valence-corrected chi connectivity index (χ4v) is 11.4. The van der Waals surface area contributed by atoms with Crippen molar-refractivity contribution in [2.75, 3.05) is 14.7 Å². The second-order valence-electron chi connectivity index (χ2n) is 19.0. The van der Waals surface area contributed by atoms with Gasteiger partial charge >= 0.3 is 0 Å². The van der Waals surface area contributed by atoms with Gasteiger partial charge in [-0.3, -0.25) is 0 Å². The van der Waals surface area contributed by atoms with Gasteiger partial charge in [-0.1, -0.05) is 155 Å². The van der Waals surface area contributed by atoms with Crippen molar-refractivity contribution in [3.63, 3.8) is 0 Å². The van der Waals surface area contributed by atoms with Crippen molar-refractivity contribution < 1.29 is 0 Å². The molecular formula is C60H47B2N3. The van der Waals surface area contributed by atoms with Crippen LogP contribution in [0.25, 0.3) is 22.3 Å². The van der Waals surface area contributed by atoms with E-state index in [0.717, 1.165) is 11.4 Å². The number of anilines is 9. The predicted molar refractivity (Wildman–Crippen MR) is 279 cm³/mol. The molecule has 0 saturated carbocycles. The third-order valence-corrected chi connectivity index (χ3v) is 14.6. The van der Waals surface area contributed by atoms with Gasteiger partial charge in [0.05, 0.1) is 0 Å². The van der Waals surface area contributed by atoms with Crippen LogP contribution in [-0.2, 0) is 0 Å².